The summed E-state index contributed by atoms with van der Waals surface area (Å²) in [5, 5.41) is 10.6. The Morgan fingerprint density at radius 1 is 1.71 bits per heavy atom. The fourth-order valence-electron chi connectivity index (χ4n) is 1.76. The van der Waals surface area contributed by atoms with Gasteiger partial charge in [-0.3, -0.25) is 4.90 Å². The van der Waals surface area contributed by atoms with Crippen LogP contribution in [-0.2, 0) is 13.0 Å². The van der Waals surface area contributed by atoms with Gasteiger partial charge >= 0.3 is 0 Å². The Hall–Kier alpha value is -0.450. The van der Waals surface area contributed by atoms with E-state index in [1.807, 2.05) is 6.20 Å². The van der Waals surface area contributed by atoms with Crippen LogP contribution in [0.25, 0.3) is 0 Å². The summed E-state index contributed by atoms with van der Waals surface area (Å²) in [6.45, 7) is 4.91. The lowest BCUT2D eigenvalue weighted by atomic mass is 10.3. The van der Waals surface area contributed by atoms with Gasteiger partial charge in [-0.15, -0.1) is 11.3 Å². The predicted molar refractivity (Wildman–Crippen MR) is 57.4 cm³/mol. The van der Waals surface area contributed by atoms with Gasteiger partial charge in [0.2, 0.25) is 0 Å². The molecule has 1 aliphatic rings. The highest BCUT2D eigenvalue weighted by Gasteiger charge is 2.20. The predicted octanol–water partition coefficient (Wildman–Crippen LogP) is 1.27. The van der Waals surface area contributed by atoms with Gasteiger partial charge in [0, 0.05) is 30.7 Å². The van der Waals surface area contributed by atoms with Crippen molar-refractivity contribution in [2.24, 2.45) is 0 Å². The van der Waals surface area contributed by atoms with E-state index in [2.05, 4.69) is 16.8 Å². The van der Waals surface area contributed by atoms with Crippen LogP contribution in [0, 0.1) is 0 Å². The van der Waals surface area contributed by atoms with Gasteiger partial charge in [-0.05, 0) is 12.8 Å². The second-order valence-electron chi connectivity index (χ2n) is 3.75. The maximum absolute atomic E-state index is 9.38. The van der Waals surface area contributed by atoms with Gasteiger partial charge in [0.25, 0.3) is 0 Å². The number of aromatic nitrogens is 1. The van der Waals surface area contributed by atoms with Crippen LogP contribution in [0.5, 0.6) is 0 Å². The number of aliphatic hydroxyl groups is 1. The first-order valence-electron chi connectivity index (χ1n) is 5.12. The van der Waals surface area contributed by atoms with E-state index >= 15 is 0 Å². The molecule has 1 atom stereocenters. The number of aryl methyl sites for hydroxylation is 1. The number of aliphatic hydroxyl groups excluding tert-OH is 1. The van der Waals surface area contributed by atoms with E-state index in [1.54, 1.807) is 11.3 Å². The molecule has 78 valence electrons. The summed E-state index contributed by atoms with van der Waals surface area (Å²) in [5.74, 6) is 0. The molecule has 3 nitrogen and oxygen atoms in total. The van der Waals surface area contributed by atoms with E-state index < -0.39 is 0 Å². The third-order valence-corrected chi connectivity index (χ3v) is 3.66. The van der Waals surface area contributed by atoms with E-state index in [0.29, 0.717) is 0 Å². The minimum absolute atomic E-state index is 0.117. The number of hydrogen-bond acceptors (Lipinski definition) is 4. The summed E-state index contributed by atoms with van der Waals surface area (Å²) in [6.07, 6.45) is 3.79. The zero-order valence-corrected chi connectivity index (χ0v) is 9.26. The molecule has 1 aliphatic heterocycles. The van der Waals surface area contributed by atoms with Crippen molar-refractivity contribution in [3.63, 3.8) is 0 Å². The van der Waals surface area contributed by atoms with Crippen LogP contribution in [-0.4, -0.2) is 34.2 Å². The van der Waals surface area contributed by atoms with Gasteiger partial charge in [-0.25, -0.2) is 4.98 Å². The van der Waals surface area contributed by atoms with Gasteiger partial charge in [0.1, 0.15) is 0 Å². The molecule has 0 amide bonds. The topological polar surface area (TPSA) is 36.4 Å². The van der Waals surface area contributed by atoms with Crippen molar-refractivity contribution >= 4 is 11.3 Å². The van der Waals surface area contributed by atoms with Crippen LogP contribution in [0.15, 0.2) is 6.20 Å². The van der Waals surface area contributed by atoms with Crippen molar-refractivity contribution in [1.29, 1.82) is 0 Å². The van der Waals surface area contributed by atoms with E-state index in [0.717, 1.165) is 32.5 Å². The first-order chi connectivity index (χ1) is 6.78. The molecule has 0 aromatic carbocycles. The molecule has 1 saturated heterocycles. The third-order valence-electron chi connectivity index (χ3n) is 2.53. The number of nitrogens with zero attached hydrogens (tertiary/aromatic N) is 2. The monoisotopic (exact) mass is 212 g/mol. The number of likely N-dealkylation sites (tertiary alicyclic amines) is 1. The Bertz CT molecular complexity index is 300. The summed E-state index contributed by atoms with van der Waals surface area (Å²) in [4.78, 5) is 7.93. The molecule has 0 unspecified atom stereocenters. The molecule has 1 aromatic heterocycles. The molecular formula is C10H16N2OS. The lowest BCUT2D eigenvalue weighted by Gasteiger charge is -2.12. The van der Waals surface area contributed by atoms with Crippen LogP contribution in [0.4, 0.5) is 0 Å². The second-order valence-corrected chi connectivity index (χ2v) is 4.95. The molecule has 2 heterocycles. The van der Waals surface area contributed by atoms with Crippen molar-refractivity contribution in [2.75, 3.05) is 13.1 Å². The largest absolute Gasteiger partial charge is 0.392 e. The van der Waals surface area contributed by atoms with E-state index in [-0.39, 0.29) is 6.10 Å². The van der Waals surface area contributed by atoms with Crippen LogP contribution in [0.1, 0.15) is 23.2 Å². The normalized spacial score (nSPS) is 23.1. The molecular weight excluding hydrogens is 196 g/mol. The zero-order chi connectivity index (χ0) is 9.97. The summed E-state index contributed by atoms with van der Waals surface area (Å²) >= 11 is 1.79. The molecule has 0 spiro atoms. The quantitative estimate of drug-likeness (QED) is 0.819. The van der Waals surface area contributed by atoms with E-state index in [9.17, 15) is 5.11 Å². The Labute approximate surface area is 88.4 Å². The number of hydrogen-bond donors (Lipinski definition) is 1. The van der Waals surface area contributed by atoms with Gasteiger partial charge < -0.3 is 5.11 Å². The van der Waals surface area contributed by atoms with Crippen molar-refractivity contribution in [2.45, 2.75) is 32.4 Å². The Morgan fingerprint density at radius 2 is 2.57 bits per heavy atom. The molecule has 1 fully saturated rings. The van der Waals surface area contributed by atoms with Crippen molar-refractivity contribution in [3.05, 3.63) is 16.1 Å². The molecule has 14 heavy (non-hydrogen) atoms. The molecule has 2 rings (SSSR count). The minimum atomic E-state index is -0.117. The maximum Gasteiger partial charge on any atom is 0.0925 e. The van der Waals surface area contributed by atoms with Crippen molar-refractivity contribution in [3.8, 4) is 0 Å². The zero-order valence-electron chi connectivity index (χ0n) is 8.44. The van der Waals surface area contributed by atoms with E-state index in [1.165, 1.54) is 9.88 Å². The van der Waals surface area contributed by atoms with Crippen molar-refractivity contribution in [1.82, 2.24) is 9.88 Å². The molecule has 4 heteroatoms. The SMILES string of the molecule is CCc1ncc(CN2CC[C@@H](O)C2)s1. The van der Waals surface area contributed by atoms with Crippen LogP contribution in [0.2, 0.25) is 0 Å². The summed E-state index contributed by atoms with van der Waals surface area (Å²) in [5.41, 5.74) is 0. The lowest BCUT2D eigenvalue weighted by Crippen LogP contribution is -2.20. The van der Waals surface area contributed by atoms with Gasteiger partial charge in [-0.1, -0.05) is 6.92 Å². The molecule has 1 N–H and O–H groups in total. The highest BCUT2D eigenvalue weighted by Crippen LogP contribution is 2.18. The van der Waals surface area contributed by atoms with E-state index in [4.69, 9.17) is 0 Å². The van der Waals surface area contributed by atoms with Gasteiger partial charge in [0.05, 0.1) is 11.1 Å². The molecule has 0 saturated carbocycles. The Morgan fingerprint density at radius 3 is 3.14 bits per heavy atom. The van der Waals surface area contributed by atoms with Crippen LogP contribution < -0.4 is 0 Å². The number of rotatable bonds is 3. The Balaban J connectivity index is 1.90. The first kappa shape index (κ1) is 10.1. The molecule has 0 bridgehead atoms. The maximum atomic E-state index is 9.38. The average Bonchev–Trinajstić information content (AvgIpc) is 2.76. The van der Waals surface area contributed by atoms with Gasteiger partial charge in [-0.2, -0.15) is 0 Å². The standard InChI is InChI=1S/C10H16N2OS/c1-2-10-11-5-9(14-10)7-12-4-3-8(13)6-12/h5,8,13H,2-4,6-7H2,1H3/t8-/m1/s1. The Kier molecular flexibility index (Phi) is 3.15. The van der Waals surface area contributed by atoms with Gasteiger partial charge in [0.15, 0.2) is 0 Å². The number of β-amino-alcohol motifs (C(OH)–C–C–N with tert-alkyl or cyclic N) is 1. The third kappa shape index (κ3) is 2.32. The van der Waals surface area contributed by atoms with Crippen LogP contribution >= 0.6 is 11.3 Å². The first-order valence-corrected chi connectivity index (χ1v) is 5.93. The number of thiazole rings is 1. The fraction of sp³-hybridized carbons (Fsp3) is 0.700. The molecule has 1 aromatic rings. The summed E-state index contributed by atoms with van der Waals surface area (Å²) < 4.78 is 0. The molecule has 0 radical (unpaired) electrons. The summed E-state index contributed by atoms with van der Waals surface area (Å²) in [7, 11) is 0. The fourth-order valence-corrected chi connectivity index (χ4v) is 2.67. The highest BCUT2D eigenvalue weighted by atomic mass is 32.1. The average molecular weight is 212 g/mol. The lowest BCUT2D eigenvalue weighted by molar-refractivity contribution is 0.175. The van der Waals surface area contributed by atoms with Crippen molar-refractivity contribution < 1.29 is 5.11 Å². The van der Waals surface area contributed by atoms with Crippen LogP contribution in [0.3, 0.4) is 0 Å². The minimum Gasteiger partial charge on any atom is -0.392 e. The second kappa shape index (κ2) is 4.38. The smallest absolute Gasteiger partial charge is 0.0925 e. The molecule has 0 aliphatic carbocycles. The summed E-state index contributed by atoms with van der Waals surface area (Å²) in [6, 6.07) is 0. The highest BCUT2D eigenvalue weighted by molar-refractivity contribution is 7.11.